The summed E-state index contributed by atoms with van der Waals surface area (Å²) in [5.74, 6) is -0.371. The van der Waals surface area contributed by atoms with Crippen molar-refractivity contribution < 1.29 is 15.0 Å². The van der Waals surface area contributed by atoms with Crippen molar-refractivity contribution >= 4 is 11.8 Å². The van der Waals surface area contributed by atoms with Gasteiger partial charge in [0.15, 0.2) is 5.69 Å². The fourth-order valence-corrected chi connectivity index (χ4v) is 1.16. The maximum absolute atomic E-state index is 10.6. The smallest absolute Gasteiger partial charge is 0.356 e. The van der Waals surface area contributed by atoms with Crippen molar-refractivity contribution in [2.24, 2.45) is 5.92 Å². The second kappa shape index (κ2) is 6.02. The second-order valence-corrected chi connectivity index (χ2v) is 3.59. The molecule has 0 aliphatic heterocycles. The molecule has 0 amide bonds. The SMILES string of the molecule is CC(CCO)CNc1cncc(C(=O)O)n1. The number of hydrogen-bond acceptors (Lipinski definition) is 5. The van der Waals surface area contributed by atoms with Gasteiger partial charge < -0.3 is 15.5 Å². The Morgan fingerprint density at radius 2 is 2.31 bits per heavy atom. The van der Waals surface area contributed by atoms with Gasteiger partial charge in [-0.15, -0.1) is 0 Å². The lowest BCUT2D eigenvalue weighted by molar-refractivity contribution is 0.0690. The van der Waals surface area contributed by atoms with Gasteiger partial charge in [0.1, 0.15) is 5.82 Å². The zero-order chi connectivity index (χ0) is 12.0. The van der Waals surface area contributed by atoms with Gasteiger partial charge in [-0.05, 0) is 12.3 Å². The Hall–Kier alpha value is -1.69. The van der Waals surface area contributed by atoms with Crippen molar-refractivity contribution in [1.29, 1.82) is 0 Å². The van der Waals surface area contributed by atoms with E-state index in [1.54, 1.807) is 0 Å². The van der Waals surface area contributed by atoms with E-state index in [4.69, 9.17) is 10.2 Å². The molecule has 16 heavy (non-hydrogen) atoms. The number of aromatic nitrogens is 2. The third-order valence-corrected chi connectivity index (χ3v) is 2.11. The fourth-order valence-electron chi connectivity index (χ4n) is 1.16. The molecule has 6 nitrogen and oxygen atoms in total. The average Bonchev–Trinajstić information content (AvgIpc) is 2.27. The zero-order valence-electron chi connectivity index (χ0n) is 9.05. The molecule has 0 aliphatic carbocycles. The van der Waals surface area contributed by atoms with Crippen LogP contribution < -0.4 is 5.32 Å². The summed E-state index contributed by atoms with van der Waals surface area (Å²) in [6, 6.07) is 0. The van der Waals surface area contributed by atoms with Gasteiger partial charge in [0.05, 0.1) is 12.4 Å². The average molecular weight is 225 g/mol. The molecule has 1 heterocycles. The van der Waals surface area contributed by atoms with Crippen LogP contribution in [0.15, 0.2) is 12.4 Å². The number of nitrogens with one attached hydrogen (secondary N) is 1. The third-order valence-electron chi connectivity index (χ3n) is 2.11. The highest BCUT2D eigenvalue weighted by molar-refractivity contribution is 5.85. The second-order valence-electron chi connectivity index (χ2n) is 3.59. The molecular formula is C10H15N3O3. The first-order valence-corrected chi connectivity index (χ1v) is 5.03. The topological polar surface area (TPSA) is 95.3 Å². The number of nitrogens with zero attached hydrogens (tertiary/aromatic N) is 2. The van der Waals surface area contributed by atoms with Gasteiger partial charge >= 0.3 is 5.97 Å². The number of carboxylic acid groups (broad SMARTS) is 1. The van der Waals surface area contributed by atoms with Crippen molar-refractivity contribution in [2.45, 2.75) is 13.3 Å². The summed E-state index contributed by atoms with van der Waals surface area (Å²) in [5.41, 5.74) is -0.0835. The van der Waals surface area contributed by atoms with Gasteiger partial charge in [-0.1, -0.05) is 6.92 Å². The first-order valence-electron chi connectivity index (χ1n) is 5.03. The molecular weight excluding hydrogens is 210 g/mol. The van der Waals surface area contributed by atoms with E-state index in [1.165, 1.54) is 12.4 Å². The summed E-state index contributed by atoms with van der Waals surface area (Å²) >= 11 is 0. The van der Waals surface area contributed by atoms with Crippen LogP contribution in [0.2, 0.25) is 0 Å². The number of rotatable bonds is 6. The maximum atomic E-state index is 10.6. The zero-order valence-corrected chi connectivity index (χ0v) is 9.05. The summed E-state index contributed by atoms with van der Waals surface area (Å²) in [4.78, 5) is 18.3. The maximum Gasteiger partial charge on any atom is 0.356 e. The molecule has 1 aromatic heterocycles. The Bertz CT molecular complexity index is 357. The molecule has 3 N–H and O–H groups in total. The van der Waals surface area contributed by atoms with Crippen LogP contribution in [0.4, 0.5) is 5.82 Å². The molecule has 0 fully saturated rings. The van der Waals surface area contributed by atoms with E-state index in [-0.39, 0.29) is 12.3 Å². The minimum absolute atomic E-state index is 0.0835. The normalized spacial score (nSPS) is 12.1. The molecule has 0 saturated heterocycles. The Labute approximate surface area is 93.4 Å². The van der Waals surface area contributed by atoms with Crippen LogP contribution in [-0.4, -0.2) is 39.3 Å². The van der Waals surface area contributed by atoms with Crippen molar-refractivity contribution in [3.05, 3.63) is 18.1 Å². The van der Waals surface area contributed by atoms with E-state index >= 15 is 0 Å². The standard InChI is InChI=1S/C10H15N3O3/c1-7(2-3-14)4-12-9-6-11-5-8(13-9)10(15)16/h5-7,14H,2-4H2,1H3,(H,12,13)(H,15,16). The molecule has 0 aliphatic rings. The summed E-state index contributed by atoms with van der Waals surface area (Å²) in [7, 11) is 0. The molecule has 0 spiro atoms. The van der Waals surface area contributed by atoms with E-state index in [0.717, 1.165) is 0 Å². The predicted molar refractivity (Wildman–Crippen MR) is 58.3 cm³/mol. The predicted octanol–water partition coefficient (Wildman–Crippen LogP) is 0.605. The quantitative estimate of drug-likeness (QED) is 0.656. The molecule has 0 radical (unpaired) electrons. The number of anilines is 1. The number of carboxylic acids is 1. The van der Waals surface area contributed by atoms with Gasteiger partial charge in [0.2, 0.25) is 0 Å². The van der Waals surface area contributed by atoms with E-state index in [1.807, 2.05) is 6.92 Å². The van der Waals surface area contributed by atoms with Crippen LogP contribution in [-0.2, 0) is 0 Å². The van der Waals surface area contributed by atoms with Gasteiger partial charge in [-0.2, -0.15) is 0 Å². The Morgan fingerprint density at radius 1 is 1.56 bits per heavy atom. The first kappa shape index (κ1) is 12.4. The third kappa shape index (κ3) is 3.82. The molecule has 0 bridgehead atoms. The van der Waals surface area contributed by atoms with Crippen LogP contribution in [0.25, 0.3) is 0 Å². The molecule has 1 aromatic rings. The minimum Gasteiger partial charge on any atom is -0.476 e. The van der Waals surface area contributed by atoms with E-state index in [2.05, 4.69) is 15.3 Å². The van der Waals surface area contributed by atoms with E-state index < -0.39 is 5.97 Å². The number of carbonyl (C=O) groups is 1. The molecule has 0 aromatic carbocycles. The van der Waals surface area contributed by atoms with Crippen LogP contribution >= 0.6 is 0 Å². The van der Waals surface area contributed by atoms with Crippen molar-refractivity contribution in [3.8, 4) is 0 Å². The molecule has 88 valence electrons. The summed E-state index contributed by atoms with van der Waals surface area (Å²) in [6.07, 6.45) is 3.36. The van der Waals surface area contributed by atoms with Crippen molar-refractivity contribution in [1.82, 2.24) is 9.97 Å². The Kier molecular flexibility index (Phi) is 4.65. The first-order chi connectivity index (χ1) is 7.63. The van der Waals surface area contributed by atoms with Gasteiger partial charge in [0, 0.05) is 13.2 Å². The summed E-state index contributed by atoms with van der Waals surface area (Å²) in [6.45, 7) is 2.75. The highest BCUT2D eigenvalue weighted by Crippen LogP contribution is 2.05. The lowest BCUT2D eigenvalue weighted by atomic mass is 10.1. The molecule has 1 atom stereocenters. The van der Waals surface area contributed by atoms with Crippen LogP contribution in [0.3, 0.4) is 0 Å². The van der Waals surface area contributed by atoms with Gasteiger partial charge in [-0.3, -0.25) is 4.98 Å². The highest BCUT2D eigenvalue weighted by Gasteiger charge is 2.06. The lowest BCUT2D eigenvalue weighted by Crippen LogP contribution is -2.14. The van der Waals surface area contributed by atoms with Crippen LogP contribution in [0, 0.1) is 5.92 Å². The molecule has 1 rings (SSSR count). The number of aromatic carboxylic acids is 1. The Morgan fingerprint density at radius 3 is 2.94 bits per heavy atom. The van der Waals surface area contributed by atoms with Crippen LogP contribution in [0.5, 0.6) is 0 Å². The van der Waals surface area contributed by atoms with Crippen molar-refractivity contribution in [2.75, 3.05) is 18.5 Å². The largest absolute Gasteiger partial charge is 0.476 e. The fraction of sp³-hybridized carbons (Fsp3) is 0.500. The van der Waals surface area contributed by atoms with Crippen molar-refractivity contribution in [3.63, 3.8) is 0 Å². The highest BCUT2D eigenvalue weighted by atomic mass is 16.4. The summed E-state index contributed by atoms with van der Waals surface area (Å²) < 4.78 is 0. The monoisotopic (exact) mass is 225 g/mol. The molecule has 0 saturated carbocycles. The lowest BCUT2D eigenvalue weighted by Gasteiger charge is -2.11. The molecule has 6 heteroatoms. The number of aliphatic hydroxyl groups is 1. The van der Waals surface area contributed by atoms with Gasteiger partial charge in [0.25, 0.3) is 0 Å². The summed E-state index contributed by atoms with van der Waals surface area (Å²) in [5, 5.41) is 20.4. The van der Waals surface area contributed by atoms with Gasteiger partial charge in [-0.25, -0.2) is 9.78 Å². The van der Waals surface area contributed by atoms with Crippen LogP contribution in [0.1, 0.15) is 23.8 Å². The minimum atomic E-state index is -1.10. The number of hydrogen-bond donors (Lipinski definition) is 3. The number of aliphatic hydroxyl groups excluding tert-OH is 1. The molecule has 1 unspecified atom stereocenters. The Balaban J connectivity index is 2.54. The van der Waals surface area contributed by atoms with E-state index in [9.17, 15) is 4.79 Å². The van der Waals surface area contributed by atoms with E-state index in [0.29, 0.717) is 24.7 Å².